The number of ether oxygens (including phenoxy) is 2. The Morgan fingerprint density at radius 3 is 2.32 bits per heavy atom. The monoisotopic (exact) mass is 466 g/mol. The van der Waals surface area contributed by atoms with E-state index in [4.69, 9.17) is 21.1 Å². The fraction of sp³-hybridized carbons (Fsp3) is 0.238. The third kappa shape index (κ3) is 5.77. The van der Waals surface area contributed by atoms with Gasteiger partial charge in [0.2, 0.25) is 0 Å². The Kier molecular flexibility index (Phi) is 8.07. The molecule has 0 aromatic heterocycles. The topological polar surface area (TPSA) is 93.2 Å². The van der Waals surface area contributed by atoms with Crippen LogP contribution in [0.5, 0.6) is 5.75 Å². The highest BCUT2D eigenvalue weighted by atomic mass is 35.5. The molecule has 0 atom stereocenters. The Labute approximate surface area is 186 Å². The number of methoxy groups -OCH3 is 1. The summed E-state index contributed by atoms with van der Waals surface area (Å²) in [6.45, 7) is 3.12. The first-order valence-corrected chi connectivity index (χ1v) is 10.9. The summed E-state index contributed by atoms with van der Waals surface area (Å²) in [6.07, 6.45) is 1.44. The number of carbonyl (C=O) groups is 2. The summed E-state index contributed by atoms with van der Waals surface area (Å²) < 4.78 is 37.8. The van der Waals surface area contributed by atoms with E-state index in [0.29, 0.717) is 11.4 Å². The van der Waals surface area contributed by atoms with E-state index in [0.717, 1.165) is 10.4 Å². The van der Waals surface area contributed by atoms with Crippen molar-refractivity contribution in [3.05, 3.63) is 65.7 Å². The molecule has 166 valence electrons. The van der Waals surface area contributed by atoms with Gasteiger partial charge < -0.3 is 14.4 Å². The van der Waals surface area contributed by atoms with Crippen molar-refractivity contribution in [3.63, 3.8) is 0 Å². The van der Waals surface area contributed by atoms with E-state index >= 15 is 0 Å². The minimum absolute atomic E-state index is 0.000898. The van der Waals surface area contributed by atoms with Crippen molar-refractivity contribution in [2.45, 2.75) is 4.90 Å². The maximum Gasteiger partial charge on any atom is 0.340 e. The first-order valence-electron chi connectivity index (χ1n) is 9.06. The molecule has 31 heavy (non-hydrogen) atoms. The third-order valence-corrected chi connectivity index (χ3v) is 6.35. The Bertz CT molecular complexity index is 1070. The van der Waals surface area contributed by atoms with Crippen LogP contribution < -0.4 is 9.04 Å². The largest absolute Gasteiger partial charge is 0.497 e. The number of amides is 1. The molecule has 10 heteroatoms. The lowest BCUT2D eigenvalue weighted by molar-refractivity contribution is -0.131. The zero-order valence-corrected chi connectivity index (χ0v) is 18.9. The maximum absolute atomic E-state index is 13.3. The van der Waals surface area contributed by atoms with Crippen LogP contribution in [0.3, 0.4) is 0 Å². The molecule has 1 amide bonds. The number of halogens is 1. The summed E-state index contributed by atoms with van der Waals surface area (Å²) in [4.78, 5) is 25.1. The van der Waals surface area contributed by atoms with E-state index in [1.165, 1.54) is 44.3 Å². The van der Waals surface area contributed by atoms with Crippen LogP contribution in [0.15, 0.2) is 60.0 Å². The van der Waals surface area contributed by atoms with Gasteiger partial charge in [0, 0.05) is 14.1 Å². The molecule has 0 aliphatic heterocycles. The van der Waals surface area contributed by atoms with E-state index < -0.39 is 28.5 Å². The van der Waals surface area contributed by atoms with Gasteiger partial charge in [-0.2, -0.15) is 0 Å². The minimum Gasteiger partial charge on any atom is -0.497 e. The van der Waals surface area contributed by atoms with Gasteiger partial charge in [-0.05, 0) is 42.5 Å². The van der Waals surface area contributed by atoms with Crippen molar-refractivity contribution in [2.24, 2.45) is 0 Å². The van der Waals surface area contributed by atoms with Crippen LogP contribution in [0, 0.1) is 0 Å². The van der Waals surface area contributed by atoms with Crippen molar-refractivity contribution >= 4 is 39.2 Å². The fourth-order valence-corrected chi connectivity index (χ4v) is 4.15. The molecule has 0 spiro atoms. The molecule has 0 fully saturated rings. The first kappa shape index (κ1) is 24.2. The normalized spacial score (nSPS) is 10.8. The fourth-order valence-electron chi connectivity index (χ4n) is 2.49. The van der Waals surface area contributed by atoms with Gasteiger partial charge in [0.15, 0.2) is 6.61 Å². The smallest absolute Gasteiger partial charge is 0.340 e. The van der Waals surface area contributed by atoms with E-state index in [-0.39, 0.29) is 22.0 Å². The summed E-state index contributed by atoms with van der Waals surface area (Å²) in [7, 11) is 0.469. The maximum atomic E-state index is 13.3. The van der Waals surface area contributed by atoms with E-state index in [2.05, 4.69) is 6.58 Å². The van der Waals surface area contributed by atoms with Crippen LogP contribution in [0.4, 0.5) is 5.69 Å². The molecule has 0 aliphatic rings. The molecule has 0 radical (unpaired) electrons. The average Bonchev–Trinajstić information content (AvgIpc) is 2.75. The Balaban J connectivity index is 2.40. The van der Waals surface area contributed by atoms with Gasteiger partial charge >= 0.3 is 5.97 Å². The van der Waals surface area contributed by atoms with Crippen LogP contribution >= 0.6 is 11.6 Å². The second-order valence-corrected chi connectivity index (χ2v) is 8.80. The predicted molar refractivity (Wildman–Crippen MR) is 118 cm³/mol. The summed E-state index contributed by atoms with van der Waals surface area (Å²) in [5.74, 6) is -0.759. The predicted octanol–water partition coefficient (Wildman–Crippen LogP) is 2.97. The van der Waals surface area contributed by atoms with E-state index in [1.807, 2.05) is 0 Å². The Morgan fingerprint density at radius 2 is 1.77 bits per heavy atom. The third-order valence-electron chi connectivity index (χ3n) is 4.23. The van der Waals surface area contributed by atoms with Gasteiger partial charge in [-0.3, -0.25) is 9.10 Å². The molecule has 0 bridgehead atoms. The Hall–Kier alpha value is -3.04. The number of esters is 1. The van der Waals surface area contributed by atoms with Crippen LogP contribution in [-0.4, -0.2) is 59.6 Å². The minimum atomic E-state index is -4.07. The van der Waals surface area contributed by atoms with Gasteiger partial charge in [-0.25, -0.2) is 13.2 Å². The first-order chi connectivity index (χ1) is 14.6. The summed E-state index contributed by atoms with van der Waals surface area (Å²) in [5.41, 5.74) is 0.221. The van der Waals surface area contributed by atoms with Gasteiger partial charge in [-0.1, -0.05) is 17.7 Å². The molecule has 2 aromatic carbocycles. The van der Waals surface area contributed by atoms with Crippen LogP contribution in [0.25, 0.3) is 0 Å². The number of anilines is 1. The van der Waals surface area contributed by atoms with Gasteiger partial charge in [-0.15, -0.1) is 6.58 Å². The van der Waals surface area contributed by atoms with Crippen molar-refractivity contribution in [2.75, 3.05) is 38.7 Å². The standard InChI is InChI=1S/C21H23ClN2O6S/c1-5-12-24(15-6-8-16(29-4)9-7-15)31(27,28)17-10-11-19(22)18(13-17)21(26)30-14-20(25)23(2)3/h5-11,13H,1,12,14H2,2-4H3. The highest BCUT2D eigenvalue weighted by molar-refractivity contribution is 7.92. The number of hydrogen-bond donors (Lipinski definition) is 0. The van der Waals surface area contributed by atoms with Crippen molar-refractivity contribution in [1.29, 1.82) is 0 Å². The zero-order chi connectivity index (χ0) is 23.2. The summed E-state index contributed by atoms with van der Waals surface area (Å²) >= 11 is 6.08. The molecular formula is C21H23ClN2O6S. The molecule has 0 aliphatic carbocycles. The number of benzene rings is 2. The highest BCUT2D eigenvalue weighted by Crippen LogP contribution is 2.28. The Morgan fingerprint density at radius 1 is 1.13 bits per heavy atom. The zero-order valence-electron chi connectivity index (χ0n) is 17.4. The molecule has 2 aromatic rings. The van der Waals surface area contributed by atoms with Gasteiger partial charge in [0.05, 0.1) is 34.8 Å². The van der Waals surface area contributed by atoms with Crippen LogP contribution in [0.1, 0.15) is 10.4 Å². The second kappa shape index (κ2) is 10.3. The lowest BCUT2D eigenvalue weighted by Gasteiger charge is -2.23. The van der Waals surface area contributed by atoms with Crippen molar-refractivity contribution < 1.29 is 27.5 Å². The molecule has 0 unspecified atom stereocenters. The van der Waals surface area contributed by atoms with Gasteiger partial charge in [0.25, 0.3) is 15.9 Å². The number of nitrogens with zero attached hydrogens (tertiary/aromatic N) is 2. The number of rotatable bonds is 9. The van der Waals surface area contributed by atoms with Crippen LogP contribution in [0.2, 0.25) is 5.02 Å². The molecular weight excluding hydrogens is 444 g/mol. The quantitative estimate of drug-likeness (QED) is 0.416. The number of carbonyl (C=O) groups excluding carboxylic acids is 2. The van der Waals surface area contributed by atoms with E-state index in [1.54, 1.807) is 24.3 Å². The lowest BCUT2D eigenvalue weighted by Crippen LogP contribution is -2.31. The molecule has 0 saturated carbocycles. The molecule has 0 heterocycles. The number of hydrogen-bond acceptors (Lipinski definition) is 6. The SMILES string of the molecule is C=CCN(c1ccc(OC)cc1)S(=O)(=O)c1ccc(Cl)c(C(=O)OCC(=O)N(C)C)c1. The van der Waals surface area contributed by atoms with Crippen molar-refractivity contribution in [1.82, 2.24) is 4.90 Å². The summed E-state index contributed by atoms with van der Waals surface area (Å²) in [6, 6.07) is 10.2. The molecule has 0 N–H and O–H groups in total. The average molecular weight is 467 g/mol. The molecule has 8 nitrogen and oxygen atoms in total. The van der Waals surface area contributed by atoms with Crippen LogP contribution in [-0.2, 0) is 19.6 Å². The van der Waals surface area contributed by atoms with Crippen molar-refractivity contribution in [3.8, 4) is 5.75 Å². The number of likely N-dealkylation sites (N-methyl/N-ethyl adjacent to an activating group) is 1. The molecule has 2 rings (SSSR count). The second-order valence-electron chi connectivity index (χ2n) is 6.53. The number of sulfonamides is 1. The van der Waals surface area contributed by atoms with E-state index in [9.17, 15) is 18.0 Å². The lowest BCUT2D eigenvalue weighted by atomic mass is 10.2. The van der Waals surface area contributed by atoms with Gasteiger partial charge in [0.1, 0.15) is 5.75 Å². The summed E-state index contributed by atoms with van der Waals surface area (Å²) in [5, 5.41) is 0.000898. The highest BCUT2D eigenvalue weighted by Gasteiger charge is 2.26. The molecule has 0 saturated heterocycles.